The van der Waals surface area contributed by atoms with Gasteiger partial charge in [0, 0.05) is 18.8 Å². The quantitative estimate of drug-likeness (QED) is 0.790. The Morgan fingerprint density at radius 1 is 1.35 bits per heavy atom. The summed E-state index contributed by atoms with van der Waals surface area (Å²) in [5.74, 6) is -0.0829. The third-order valence-electron chi connectivity index (χ3n) is 2.63. The van der Waals surface area contributed by atoms with Crippen molar-refractivity contribution in [3.05, 3.63) is 40.9 Å². The highest BCUT2D eigenvalue weighted by molar-refractivity contribution is 6.31. The smallest absolute Gasteiger partial charge is 0.141 e. The molecule has 0 saturated heterocycles. The first-order valence-corrected chi connectivity index (χ1v) is 5.86. The molecule has 0 aliphatic rings. The fraction of sp³-hybridized carbons (Fsp3) is 0.308. The first kappa shape index (κ1) is 12.1. The lowest BCUT2D eigenvalue weighted by Gasteiger charge is -2.05. The number of benzene rings is 1. The predicted molar refractivity (Wildman–Crippen MR) is 67.7 cm³/mol. The molecule has 0 spiro atoms. The number of aryl methyl sites for hydroxylation is 1. The van der Waals surface area contributed by atoms with Crippen LogP contribution in [0.5, 0.6) is 0 Å². The van der Waals surface area contributed by atoms with E-state index >= 15 is 0 Å². The molecule has 2 rings (SSSR count). The van der Waals surface area contributed by atoms with Crippen molar-refractivity contribution in [2.24, 2.45) is 7.05 Å². The SMILES string of the molecule is CC(C)c1nn(C)cc1-c1ccc(F)c(Cl)c1. The van der Waals surface area contributed by atoms with Gasteiger partial charge in [-0.2, -0.15) is 5.10 Å². The fourth-order valence-electron chi connectivity index (χ4n) is 1.82. The molecule has 0 radical (unpaired) electrons. The van der Waals surface area contributed by atoms with Gasteiger partial charge in [-0.15, -0.1) is 0 Å². The summed E-state index contributed by atoms with van der Waals surface area (Å²) in [5, 5.41) is 4.56. The van der Waals surface area contributed by atoms with Crippen LogP contribution >= 0.6 is 11.6 Å². The van der Waals surface area contributed by atoms with E-state index in [1.807, 2.05) is 13.2 Å². The Balaban J connectivity index is 2.55. The highest BCUT2D eigenvalue weighted by Gasteiger charge is 2.14. The molecular formula is C13H14ClFN2. The van der Waals surface area contributed by atoms with Gasteiger partial charge in [0.05, 0.1) is 10.7 Å². The number of rotatable bonds is 2. The Morgan fingerprint density at radius 2 is 2.06 bits per heavy atom. The summed E-state index contributed by atoms with van der Waals surface area (Å²) in [5.41, 5.74) is 2.90. The van der Waals surface area contributed by atoms with Crippen LogP contribution in [0.4, 0.5) is 4.39 Å². The van der Waals surface area contributed by atoms with E-state index in [2.05, 4.69) is 18.9 Å². The minimum Gasteiger partial charge on any atom is -0.275 e. The van der Waals surface area contributed by atoms with E-state index < -0.39 is 5.82 Å². The van der Waals surface area contributed by atoms with Crippen molar-refractivity contribution in [1.82, 2.24) is 9.78 Å². The van der Waals surface area contributed by atoms with E-state index in [0.29, 0.717) is 5.92 Å². The largest absolute Gasteiger partial charge is 0.275 e. The van der Waals surface area contributed by atoms with Crippen LogP contribution in [0.2, 0.25) is 5.02 Å². The molecule has 0 N–H and O–H groups in total. The molecule has 0 amide bonds. The summed E-state index contributed by atoms with van der Waals surface area (Å²) in [6, 6.07) is 4.75. The second-order valence-electron chi connectivity index (χ2n) is 4.39. The van der Waals surface area contributed by atoms with Crippen LogP contribution in [0.25, 0.3) is 11.1 Å². The average molecular weight is 253 g/mol. The number of aromatic nitrogens is 2. The highest BCUT2D eigenvalue weighted by atomic mass is 35.5. The van der Waals surface area contributed by atoms with Crippen LogP contribution in [-0.2, 0) is 7.05 Å². The average Bonchev–Trinajstić information content (AvgIpc) is 2.64. The molecule has 2 aromatic rings. The Morgan fingerprint density at radius 3 is 2.65 bits per heavy atom. The van der Waals surface area contributed by atoms with Crippen molar-refractivity contribution in [3.63, 3.8) is 0 Å². The summed E-state index contributed by atoms with van der Waals surface area (Å²) in [4.78, 5) is 0. The van der Waals surface area contributed by atoms with Crippen LogP contribution in [-0.4, -0.2) is 9.78 Å². The molecule has 1 heterocycles. The minimum absolute atomic E-state index is 0.140. The van der Waals surface area contributed by atoms with Crippen molar-refractivity contribution in [2.75, 3.05) is 0 Å². The highest BCUT2D eigenvalue weighted by Crippen LogP contribution is 2.30. The van der Waals surface area contributed by atoms with E-state index in [1.54, 1.807) is 16.8 Å². The summed E-state index contributed by atoms with van der Waals surface area (Å²) in [6.45, 7) is 4.16. The lowest BCUT2D eigenvalue weighted by molar-refractivity contribution is 0.628. The molecule has 17 heavy (non-hydrogen) atoms. The van der Waals surface area contributed by atoms with Crippen LogP contribution in [0.1, 0.15) is 25.5 Å². The zero-order valence-electron chi connectivity index (χ0n) is 10.0. The number of halogens is 2. The van der Waals surface area contributed by atoms with Crippen molar-refractivity contribution >= 4 is 11.6 Å². The van der Waals surface area contributed by atoms with Crippen molar-refractivity contribution in [3.8, 4) is 11.1 Å². The van der Waals surface area contributed by atoms with Crippen molar-refractivity contribution < 1.29 is 4.39 Å². The second kappa shape index (κ2) is 4.49. The molecule has 1 aromatic carbocycles. The van der Waals surface area contributed by atoms with Gasteiger partial charge in [-0.3, -0.25) is 4.68 Å². The fourth-order valence-corrected chi connectivity index (χ4v) is 2.00. The van der Waals surface area contributed by atoms with Gasteiger partial charge in [-0.05, 0) is 23.6 Å². The minimum atomic E-state index is -0.398. The molecule has 0 unspecified atom stereocenters. The Labute approximate surface area is 105 Å². The molecule has 4 heteroatoms. The summed E-state index contributed by atoms with van der Waals surface area (Å²) < 4.78 is 14.9. The molecule has 0 aliphatic carbocycles. The van der Waals surface area contributed by atoms with Crippen LogP contribution in [0.15, 0.2) is 24.4 Å². The summed E-state index contributed by atoms with van der Waals surface area (Å²) in [7, 11) is 1.88. The van der Waals surface area contributed by atoms with Gasteiger partial charge in [0.15, 0.2) is 0 Å². The third kappa shape index (κ3) is 2.34. The second-order valence-corrected chi connectivity index (χ2v) is 4.79. The monoisotopic (exact) mass is 252 g/mol. The Kier molecular flexibility index (Phi) is 3.20. The standard InChI is InChI=1S/C13H14ClFN2/c1-8(2)13-10(7-17(3)16-13)9-4-5-12(15)11(14)6-9/h4-8H,1-3H3. The maximum Gasteiger partial charge on any atom is 0.141 e. The van der Waals surface area contributed by atoms with Gasteiger partial charge in [0.25, 0.3) is 0 Å². The molecule has 0 fully saturated rings. The van der Waals surface area contributed by atoms with Crippen LogP contribution in [0.3, 0.4) is 0 Å². The number of hydrogen-bond acceptors (Lipinski definition) is 1. The molecule has 0 saturated carbocycles. The molecule has 0 atom stereocenters. The van der Waals surface area contributed by atoms with E-state index in [4.69, 9.17) is 11.6 Å². The predicted octanol–water partition coefficient (Wildman–Crippen LogP) is 4.00. The summed E-state index contributed by atoms with van der Waals surface area (Å²) in [6.07, 6.45) is 1.93. The zero-order valence-corrected chi connectivity index (χ0v) is 10.8. The molecule has 0 aliphatic heterocycles. The van der Waals surface area contributed by atoms with Gasteiger partial charge in [-0.1, -0.05) is 31.5 Å². The summed E-state index contributed by atoms with van der Waals surface area (Å²) >= 11 is 5.80. The van der Waals surface area contributed by atoms with Gasteiger partial charge in [0.2, 0.25) is 0 Å². The first-order chi connectivity index (χ1) is 7.99. The molecule has 2 nitrogen and oxygen atoms in total. The van der Waals surface area contributed by atoms with E-state index in [9.17, 15) is 4.39 Å². The zero-order chi connectivity index (χ0) is 12.6. The number of hydrogen-bond donors (Lipinski definition) is 0. The molecule has 1 aromatic heterocycles. The Hall–Kier alpha value is -1.35. The first-order valence-electron chi connectivity index (χ1n) is 5.48. The van der Waals surface area contributed by atoms with Gasteiger partial charge in [0.1, 0.15) is 5.82 Å². The molecular weight excluding hydrogens is 239 g/mol. The number of nitrogens with zero attached hydrogens (tertiary/aromatic N) is 2. The van der Waals surface area contributed by atoms with E-state index in [0.717, 1.165) is 16.8 Å². The topological polar surface area (TPSA) is 17.8 Å². The van der Waals surface area contributed by atoms with Gasteiger partial charge in [-0.25, -0.2) is 4.39 Å². The lowest BCUT2D eigenvalue weighted by atomic mass is 10.0. The van der Waals surface area contributed by atoms with Crippen LogP contribution in [0, 0.1) is 5.82 Å². The third-order valence-corrected chi connectivity index (χ3v) is 2.92. The van der Waals surface area contributed by atoms with E-state index in [-0.39, 0.29) is 5.02 Å². The molecule has 90 valence electrons. The van der Waals surface area contributed by atoms with Gasteiger partial charge < -0.3 is 0 Å². The lowest BCUT2D eigenvalue weighted by Crippen LogP contribution is -1.93. The maximum atomic E-state index is 13.1. The van der Waals surface area contributed by atoms with Crippen molar-refractivity contribution in [1.29, 1.82) is 0 Å². The van der Waals surface area contributed by atoms with Crippen LogP contribution < -0.4 is 0 Å². The van der Waals surface area contributed by atoms with Gasteiger partial charge >= 0.3 is 0 Å². The Bertz CT molecular complexity index is 546. The molecule has 0 bridgehead atoms. The van der Waals surface area contributed by atoms with E-state index in [1.165, 1.54) is 6.07 Å². The van der Waals surface area contributed by atoms with Crippen molar-refractivity contribution in [2.45, 2.75) is 19.8 Å². The normalized spacial score (nSPS) is 11.2. The maximum absolute atomic E-state index is 13.1.